The first-order valence-electron chi connectivity index (χ1n) is 8.27. The van der Waals surface area contributed by atoms with Crippen molar-refractivity contribution < 1.29 is 19.4 Å². The lowest BCUT2D eigenvalue weighted by Crippen LogP contribution is -2.15. The maximum atomic E-state index is 12.2. The van der Waals surface area contributed by atoms with E-state index in [1.807, 2.05) is 35.9 Å². The number of aromatic carboxylic acids is 1. The molecule has 0 unspecified atom stereocenters. The van der Waals surface area contributed by atoms with Crippen molar-refractivity contribution in [1.82, 2.24) is 14.8 Å². The van der Waals surface area contributed by atoms with Gasteiger partial charge in [0, 0.05) is 18.3 Å². The fourth-order valence-corrected chi connectivity index (χ4v) is 3.20. The molecule has 8 nitrogen and oxygen atoms in total. The van der Waals surface area contributed by atoms with Gasteiger partial charge in [-0.05, 0) is 42.5 Å². The first kappa shape index (κ1) is 19.4. The molecule has 0 saturated carbocycles. The number of carbonyl (C=O) groups is 2. The van der Waals surface area contributed by atoms with Gasteiger partial charge in [-0.3, -0.25) is 4.79 Å². The highest BCUT2D eigenvalue weighted by Gasteiger charge is 2.13. The molecule has 2 aromatic carbocycles. The standard InChI is InChI=1S/C19H18N4O4S/c1-23-17(12-6-8-15(27-2)9-7-12)21-22-19(23)28-11-16(24)20-14-5-3-4-13(10-14)18(25)26/h3-10H,11H2,1-2H3,(H,20,24)(H,25,26). The summed E-state index contributed by atoms with van der Waals surface area (Å²) in [7, 11) is 3.44. The zero-order valence-corrected chi connectivity index (χ0v) is 16.1. The van der Waals surface area contributed by atoms with Crippen LogP contribution in [-0.2, 0) is 11.8 Å². The van der Waals surface area contributed by atoms with E-state index < -0.39 is 5.97 Å². The van der Waals surface area contributed by atoms with Crippen LogP contribution in [0.15, 0.2) is 53.7 Å². The third kappa shape index (κ3) is 4.49. The lowest BCUT2D eigenvalue weighted by atomic mass is 10.2. The van der Waals surface area contributed by atoms with Crippen molar-refractivity contribution in [3.8, 4) is 17.1 Å². The van der Waals surface area contributed by atoms with Crippen molar-refractivity contribution in [2.45, 2.75) is 5.16 Å². The molecule has 0 spiro atoms. The van der Waals surface area contributed by atoms with Gasteiger partial charge in [0.15, 0.2) is 11.0 Å². The van der Waals surface area contributed by atoms with E-state index in [4.69, 9.17) is 9.84 Å². The van der Waals surface area contributed by atoms with Crippen LogP contribution in [0.1, 0.15) is 10.4 Å². The number of benzene rings is 2. The minimum Gasteiger partial charge on any atom is -0.497 e. The van der Waals surface area contributed by atoms with E-state index in [9.17, 15) is 9.59 Å². The van der Waals surface area contributed by atoms with Crippen LogP contribution >= 0.6 is 11.8 Å². The minimum atomic E-state index is -1.05. The molecule has 0 radical (unpaired) electrons. The molecule has 0 bridgehead atoms. The Bertz CT molecular complexity index is 1000. The van der Waals surface area contributed by atoms with Crippen LogP contribution in [0.5, 0.6) is 5.75 Å². The van der Waals surface area contributed by atoms with Gasteiger partial charge in [-0.25, -0.2) is 4.79 Å². The molecule has 144 valence electrons. The Labute approximate surface area is 165 Å². The molecule has 3 rings (SSSR count). The van der Waals surface area contributed by atoms with Crippen LogP contribution < -0.4 is 10.1 Å². The topological polar surface area (TPSA) is 106 Å². The molecule has 1 aromatic heterocycles. The molecule has 0 atom stereocenters. The lowest BCUT2D eigenvalue weighted by Gasteiger charge is -2.07. The lowest BCUT2D eigenvalue weighted by molar-refractivity contribution is -0.113. The smallest absolute Gasteiger partial charge is 0.335 e. The van der Waals surface area contributed by atoms with Crippen molar-refractivity contribution in [3.05, 3.63) is 54.1 Å². The highest BCUT2D eigenvalue weighted by Crippen LogP contribution is 2.24. The number of carboxylic acid groups (broad SMARTS) is 1. The quantitative estimate of drug-likeness (QED) is 0.589. The predicted molar refractivity (Wildman–Crippen MR) is 106 cm³/mol. The van der Waals surface area contributed by atoms with E-state index >= 15 is 0 Å². The van der Waals surface area contributed by atoms with Gasteiger partial charge in [0.05, 0.1) is 18.4 Å². The van der Waals surface area contributed by atoms with E-state index in [0.717, 1.165) is 11.3 Å². The molecular weight excluding hydrogens is 380 g/mol. The Hall–Kier alpha value is -3.33. The largest absolute Gasteiger partial charge is 0.497 e. The number of aromatic nitrogens is 3. The van der Waals surface area contributed by atoms with Crippen LogP contribution in [-0.4, -0.2) is 44.6 Å². The van der Waals surface area contributed by atoms with Gasteiger partial charge in [0.25, 0.3) is 0 Å². The summed E-state index contributed by atoms with van der Waals surface area (Å²) in [6.07, 6.45) is 0. The van der Waals surface area contributed by atoms with Crippen molar-refractivity contribution in [1.29, 1.82) is 0 Å². The molecule has 0 fully saturated rings. The molecular formula is C19H18N4O4S. The van der Waals surface area contributed by atoms with E-state index in [1.165, 1.54) is 23.9 Å². The third-order valence-corrected chi connectivity index (χ3v) is 4.93. The molecule has 9 heteroatoms. The van der Waals surface area contributed by atoms with Gasteiger partial charge in [-0.2, -0.15) is 0 Å². The second-order valence-corrected chi connectivity index (χ2v) is 6.76. The Morgan fingerprint density at radius 2 is 1.93 bits per heavy atom. The number of rotatable bonds is 7. The number of hydrogen-bond acceptors (Lipinski definition) is 6. The Balaban J connectivity index is 1.63. The third-order valence-electron chi connectivity index (χ3n) is 3.91. The van der Waals surface area contributed by atoms with Crippen molar-refractivity contribution in [2.24, 2.45) is 7.05 Å². The number of amides is 1. The second-order valence-electron chi connectivity index (χ2n) is 5.82. The first-order chi connectivity index (χ1) is 13.5. The molecule has 0 aliphatic carbocycles. The number of nitrogens with zero attached hydrogens (tertiary/aromatic N) is 3. The van der Waals surface area contributed by atoms with Gasteiger partial charge in [-0.15, -0.1) is 10.2 Å². The molecule has 2 N–H and O–H groups in total. The summed E-state index contributed by atoms with van der Waals surface area (Å²) in [6.45, 7) is 0. The zero-order chi connectivity index (χ0) is 20.1. The molecule has 0 aliphatic rings. The number of thioether (sulfide) groups is 1. The zero-order valence-electron chi connectivity index (χ0n) is 15.2. The fraction of sp³-hybridized carbons (Fsp3) is 0.158. The van der Waals surface area contributed by atoms with Crippen molar-refractivity contribution in [3.63, 3.8) is 0 Å². The average molecular weight is 398 g/mol. The number of nitrogens with one attached hydrogen (secondary N) is 1. The number of methoxy groups -OCH3 is 1. The SMILES string of the molecule is COc1ccc(-c2nnc(SCC(=O)Nc3cccc(C(=O)O)c3)n2C)cc1. The summed E-state index contributed by atoms with van der Waals surface area (Å²) in [5.41, 5.74) is 1.43. The molecule has 28 heavy (non-hydrogen) atoms. The van der Waals surface area contributed by atoms with Crippen LogP contribution in [0, 0.1) is 0 Å². The molecule has 0 aliphatic heterocycles. The van der Waals surface area contributed by atoms with Gasteiger partial charge in [0.2, 0.25) is 5.91 Å². The van der Waals surface area contributed by atoms with Gasteiger partial charge < -0.3 is 19.7 Å². The van der Waals surface area contributed by atoms with E-state index in [-0.39, 0.29) is 17.2 Å². The highest BCUT2D eigenvalue weighted by molar-refractivity contribution is 7.99. The number of carbonyl (C=O) groups excluding carboxylic acids is 1. The summed E-state index contributed by atoms with van der Waals surface area (Å²) < 4.78 is 6.96. The molecule has 0 saturated heterocycles. The average Bonchev–Trinajstić information content (AvgIpc) is 3.07. The first-order valence-corrected chi connectivity index (χ1v) is 9.26. The van der Waals surface area contributed by atoms with Crippen LogP contribution in [0.25, 0.3) is 11.4 Å². The molecule has 1 amide bonds. The summed E-state index contributed by atoms with van der Waals surface area (Å²) >= 11 is 1.24. The fourth-order valence-electron chi connectivity index (χ4n) is 2.49. The number of anilines is 1. The van der Waals surface area contributed by atoms with Crippen molar-refractivity contribution >= 4 is 29.3 Å². The summed E-state index contributed by atoms with van der Waals surface area (Å²) in [6, 6.07) is 13.6. The number of hydrogen-bond donors (Lipinski definition) is 2. The molecule has 1 heterocycles. The summed E-state index contributed by atoms with van der Waals surface area (Å²) in [5, 5.41) is 20.6. The van der Waals surface area contributed by atoms with E-state index in [2.05, 4.69) is 15.5 Å². The maximum Gasteiger partial charge on any atom is 0.335 e. The van der Waals surface area contributed by atoms with Crippen LogP contribution in [0.3, 0.4) is 0 Å². The maximum absolute atomic E-state index is 12.2. The second kappa shape index (κ2) is 8.57. The van der Waals surface area contributed by atoms with Gasteiger partial charge >= 0.3 is 5.97 Å². The monoisotopic (exact) mass is 398 g/mol. The van der Waals surface area contributed by atoms with Gasteiger partial charge in [-0.1, -0.05) is 17.8 Å². The van der Waals surface area contributed by atoms with Crippen molar-refractivity contribution in [2.75, 3.05) is 18.2 Å². The summed E-state index contributed by atoms with van der Waals surface area (Å²) in [4.78, 5) is 23.2. The predicted octanol–water partition coefficient (Wildman–Crippen LogP) is 2.92. The number of carboxylic acids is 1. The number of ether oxygens (including phenoxy) is 1. The van der Waals surface area contributed by atoms with E-state index in [0.29, 0.717) is 16.7 Å². The summed E-state index contributed by atoms with van der Waals surface area (Å²) in [5.74, 6) is 0.243. The van der Waals surface area contributed by atoms with E-state index in [1.54, 1.807) is 19.2 Å². The van der Waals surface area contributed by atoms with Crippen LogP contribution in [0.4, 0.5) is 5.69 Å². The van der Waals surface area contributed by atoms with Crippen LogP contribution in [0.2, 0.25) is 0 Å². The Morgan fingerprint density at radius 1 is 1.18 bits per heavy atom. The normalized spacial score (nSPS) is 10.5. The Morgan fingerprint density at radius 3 is 2.61 bits per heavy atom. The molecule has 3 aromatic rings. The van der Waals surface area contributed by atoms with Gasteiger partial charge in [0.1, 0.15) is 5.75 Å². The highest BCUT2D eigenvalue weighted by atomic mass is 32.2. The minimum absolute atomic E-state index is 0.114. The Kier molecular flexibility index (Phi) is 5.95.